The Morgan fingerprint density at radius 3 is 2.28 bits per heavy atom. The zero-order chi connectivity index (χ0) is 25.3. The summed E-state index contributed by atoms with van der Waals surface area (Å²) in [6, 6.07) is 12.4. The number of hydrogen-bond acceptors (Lipinski definition) is 4. The minimum atomic E-state index is -4.36. The van der Waals surface area contributed by atoms with E-state index in [0.29, 0.717) is 35.1 Å². The van der Waals surface area contributed by atoms with Gasteiger partial charge in [0.1, 0.15) is 5.69 Å². The Kier molecular flexibility index (Phi) is 6.83. The lowest BCUT2D eigenvalue weighted by molar-refractivity contribution is -0.137. The largest absolute Gasteiger partial charge is 0.416 e. The molecule has 2 fully saturated rings. The smallest absolute Gasteiger partial charge is 0.338 e. The monoisotopic (exact) mass is 513 g/mol. The molecule has 5 rings (SSSR count). The third kappa shape index (κ3) is 5.31. The van der Waals surface area contributed by atoms with Gasteiger partial charge in [0.15, 0.2) is 0 Å². The quantitative estimate of drug-likeness (QED) is 0.461. The maximum atomic E-state index is 13.0. The van der Waals surface area contributed by atoms with Crippen molar-refractivity contribution in [2.75, 3.05) is 26.2 Å². The molecule has 1 aromatic heterocycles. The molecular weight excluding hydrogens is 487 g/mol. The second-order valence-electron chi connectivity index (χ2n) is 9.55. The number of hydrogen-bond donors (Lipinski definition) is 0. The summed E-state index contributed by atoms with van der Waals surface area (Å²) >= 11 is 1.42. The number of aromatic nitrogens is 1. The lowest BCUT2D eigenvalue weighted by Gasteiger charge is -2.46. The van der Waals surface area contributed by atoms with Crippen molar-refractivity contribution in [2.45, 2.75) is 25.4 Å². The Bertz CT molecular complexity index is 1210. The van der Waals surface area contributed by atoms with Gasteiger partial charge < -0.3 is 9.80 Å². The minimum absolute atomic E-state index is 0.00313. The third-order valence-electron chi connectivity index (χ3n) is 7.21. The predicted octanol–water partition coefficient (Wildman–Crippen LogP) is 5.38. The number of carbonyl (C=O) groups excluding carboxylic acids is 2. The number of nitrogens with zero attached hydrogens (tertiary/aromatic N) is 3. The highest BCUT2D eigenvalue weighted by molar-refractivity contribution is 7.07. The molecule has 0 atom stereocenters. The Morgan fingerprint density at radius 1 is 0.917 bits per heavy atom. The lowest BCUT2D eigenvalue weighted by Crippen LogP contribution is -2.54. The summed E-state index contributed by atoms with van der Waals surface area (Å²) in [4.78, 5) is 33.2. The molecule has 0 spiro atoms. The number of carbonyl (C=O) groups is 2. The average molecular weight is 514 g/mol. The van der Waals surface area contributed by atoms with E-state index in [4.69, 9.17) is 0 Å². The van der Waals surface area contributed by atoms with Crippen LogP contribution in [0, 0.1) is 11.8 Å². The van der Waals surface area contributed by atoms with Gasteiger partial charge in [0.05, 0.1) is 11.1 Å². The first-order valence-electron chi connectivity index (χ1n) is 12.0. The molecule has 5 nitrogen and oxygen atoms in total. The van der Waals surface area contributed by atoms with E-state index in [0.717, 1.165) is 50.7 Å². The van der Waals surface area contributed by atoms with Gasteiger partial charge in [0.2, 0.25) is 0 Å². The minimum Gasteiger partial charge on any atom is -0.338 e. The fourth-order valence-corrected chi connectivity index (χ4v) is 5.60. The predicted molar refractivity (Wildman–Crippen MR) is 131 cm³/mol. The van der Waals surface area contributed by atoms with Crippen LogP contribution in [0.2, 0.25) is 0 Å². The molecule has 0 radical (unpaired) electrons. The number of piperidine rings is 1. The second kappa shape index (κ2) is 10.0. The van der Waals surface area contributed by atoms with Crippen molar-refractivity contribution in [3.63, 3.8) is 0 Å². The van der Waals surface area contributed by atoms with Gasteiger partial charge in [0, 0.05) is 37.1 Å². The van der Waals surface area contributed by atoms with E-state index in [1.807, 2.05) is 9.80 Å². The number of likely N-dealkylation sites (tertiary alicyclic amines) is 2. The van der Waals surface area contributed by atoms with Crippen LogP contribution < -0.4 is 0 Å². The van der Waals surface area contributed by atoms with Crippen molar-refractivity contribution >= 4 is 23.2 Å². The van der Waals surface area contributed by atoms with Crippen LogP contribution in [0.1, 0.15) is 50.4 Å². The number of rotatable bonds is 5. The molecule has 0 aliphatic carbocycles. The highest BCUT2D eigenvalue weighted by atomic mass is 32.1. The molecule has 0 N–H and O–H groups in total. The summed E-state index contributed by atoms with van der Waals surface area (Å²) in [6.07, 6.45) is -2.12. The van der Waals surface area contributed by atoms with E-state index in [1.165, 1.54) is 23.5 Å². The standard InChI is InChI=1S/C27H26F3N3O2S/c28-27(29,30)23-3-1-2-19(13-23)12-18-4-6-21(7-5-18)25(34)33-14-22(15-33)20-8-10-32(11-9-20)26(35)24-16-36-17-31-24/h1-7,13,16-17,20,22H,8-12,14-15H2. The average Bonchev–Trinajstić information content (AvgIpc) is 3.38. The van der Waals surface area contributed by atoms with Crippen LogP contribution in [0.25, 0.3) is 0 Å². The number of benzene rings is 2. The Labute approximate surface area is 211 Å². The summed E-state index contributed by atoms with van der Waals surface area (Å²) in [6.45, 7) is 2.88. The van der Waals surface area contributed by atoms with Gasteiger partial charge in [-0.05, 0) is 60.4 Å². The van der Waals surface area contributed by atoms with E-state index in [1.54, 1.807) is 41.2 Å². The van der Waals surface area contributed by atoms with Crippen LogP contribution in [0.4, 0.5) is 13.2 Å². The molecule has 2 aliphatic rings. The topological polar surface area (TPSA) is 53.5 Å². The zero-order valence-corrected chi connectivity index (χ0v) is 20.4. The van der Waals surface area contributed by atoms with Gasteiger partial charge in [-0.3, -0.25) is 9.59 Å². The van der Waals surface area contributed by atoms with E-state index < -0.39 is 11.7 Å². The van der Waals surface area contributed by atoms with Crippen LogP contribution in [0.3, 0.4) is 0 Å². The first-order chi connectivity index (χ1) is 17.3. The SMILES string of the molecule is O=C(c1ccc(Cc2cccc(C(F)(F)F)c2)cc1)N1CC(C2CCN(C(=O)c3cscn3)CC2)C1. The summed E-state index contributed by atoms with van der Waals surface area (Å²) in [7, 11) is 0. The van der Waals surface area contributed by atoms with Crippen LogP contribution >= 0.6 is 11.3 Å². The molecule has 0 unspecified atom stereocenters. The zero-order valence-electron chi connectivity index (χ0n) is 19.6. The van der Waals surface area contributed by atoms with Crippen molar-refractivity contribution in [3.05, 3.63) is 87.4 Å². The second-order valence-corrected chi connectivity index (χ2v) is 10.3. The Balaban J connectivity index is 1.10. The molecule has 3 aromatic rings. The molecule has 2 amide bonds. The highest BCUT2D eigenvalue weighted by Gasteiger charge is 2.38. The summed E-state index contributed by atoms with van der Waals surface area (Å²) < 4.78 is 38.9. The van der Waals surface area contributed by atoms with Crippen molar-refractivity contribution < 1.29 is 22.8 Å². The molecule has 188 valence electrons. The van der Waals surface area contributed by atoms with Crippen LogP contribution in [0.15, 0.2) is 59.4 Å². The first-order valence-corrected chi connectivity index (χ1v) is 12.9. The molecule has 0 saturated carbocycles. The van der Waals surface area contributed by atoms with Crippen molar-refractivity contribution in [3.8, 4) is 0 Å². The fraction of sp³-hybridized carbons (Fsp3) is 0.370. The van der Waals surface area contributed by atoms with Crippen molar-refractivity contribution in [1.82, 2.24) is 14.8 Å². The summed E-state index contributed by atoms with van der Waals surface area (Å²) in [5, 5.41) is 1.78. The normalized spacial score (nSPS) is 17.2. The van der Waals surface area contributed by atoms with Gasteiger partial charge in [-0.1, -0.05) is 30.3 Å². The third-order valence-corrected chi connectivity index (χ3v) is 7.79. The summed E-state index contributed by atoms with van der Waals surface area (Å²) in [5.41, 5.74) is 3.55. The van der Waals surface area contributed by atoms with Gasteiger partial charge in [-0.2, -0.15) is 13.2 Å². The maximum Gasteiger partial charge on any atom is 0.416 e. The van der Waals surface area contributed by atoms with Gasteiger partial charge in [-0.25, -0.2) is 4.98 Å². The number of thiazole rings is 1. The summed E-state index contributed by atoms with van der Waals surface area (Å²) in [5.74, 6) is 0.929. The van der Waals surface area contributed by atoms with E-state index in [9.17, 15) is 22.8 Å². The molecule has 3 heterocycles. The number of halogens is 3. The van der Waals surface area contributed by atoms with Crippen LogP contribution in [-0.2, 0) is 12.6 Å². The molecule has 2 aliphatic heterocycles. The number of alkyl halides is 3. The highest BCUT2D eigenvalue weighted by Crippen LogP contribution is 2.33. The molecule has 0 bridgehead atoms. The molecule has 2 saturated heterocycles. The number of amides is 2. The molecular formula is C27H26F3N3O2S. The first kappa shape index (κ1) is 24.5. The van der Waals surface area contributed by atoms with Gasteiger partial charge in [0.25, 0.3) is 11.8 Å². The van der Waals surface area contributed by atoms with E-state index in [2.05, 4.69) is 4.98 Å². The van der Waals surface area contributed by atoms with Crippen molar-refractivity contribution in [1.29, 1.82) is 0 Å². The van der Waals surface area contributed by atoms with Gasteiger partial charge >= 0.3 is 6.18 Å². The molecule has 36 heavy (non-hydrogen) atoms. The molecule has 9 heteroatoms. The van der Waals surface area contributed by atoms with E-state index >= 15 is 0 Å². The Hall–Kier alpha value is -3.20. The van der Waals surface area contributed by atoms with Crippen molar-refractivity contribution in [2.24, 2.45) is 11.8 Å². The lowest BCUT2D eigenvalue weighted by atomic mass is 9.79. The Morgan fingerprint density at radius 2 is 1.64 bits per heavy atom. The van der Waals surface area contributed by atoms with E-state index in [-0.39, 0.29) is 11.8 Å². The maximum absolute atomic E-state index is 13.0. The fourth-order valence-electron chi connectivity index (χ4n) is 5.07. The van der Waals surface area contributed by atoms with Crippen LogP contribution in [-0.4, -0.2) is 52.8 Å². The van der Waals surface area contributed by atoms with Crippen LogP contribution in [0.5, 0.6) is 0 Å². The van der Waals surface area contributed by atoms with Gasteiger partial charge in [-0.15, -0.1) is 11.3 Å². The molecule has 2 aromatic carbocycles.